The van der Waals surface area contributed by atoms with E-state index in [9.17, 15) is 28.9 Å². The van der Waals surface area contributed by atoms with E-state index in [2.05, 4.69) is 130 Å². The molecule has 0 aliphatic heterocycles. The molecule has 0 saturated heterocycles. The highest BCUT2D eigenvalue weighted by molar-refractivity contribution is 7.47. The fraction of sp³-hybridized carbons (Fsp3) is 0.550. The maximum atomic E-state index is 12.9. The Balaban J connectivity index is 4.98. The number of aliphatic hydroxyl groups excluding tert-OH is 1. The number of allylic oxidation sites excluding steroid dienone is 23. The maximum absolute atomic E-state index is 12.9. The molecule has 0 bridgehead atoms. The van der Waals surface area contributed by atoms with Crippen molar-refractivity contribution in [1.29, 1.82) is 0 Å². The molecule has 2 N–H and O–H groups in total. The van der Waals surface area contributed by atoms with Gasteiger partial charge in [0.15, 0.2) is 6.10 Å². The lowest BCUT2D eigenvalue weighted by atomic mass is 10.1. The van der Waals surface area contributed by atoms with E-state index >= 15 is 0 Å². The lowest BCUT2D eigenvalue weighted by Crippen LogP contribution is -2.30. The first-order valence-corrected chi connectivity index (χ1v) is 28.2. The van der Waals surface area contributed by atoms with Crippen LogP contribution in [-0.2, 0) is 42.2 Å². The molecule has 0 amide bonds. The lowest BCUT2D eigenvalue weighted by Gasteiger charge is -2.21. The van der Waals surface area contributed by atoms with Crippen LogP contribution in [0.4, 0.5) is 0 Å². The third-order valence-electron chi connectivity index (χ3n) is 10.2. The van der Waals surface area contributed by atoms with Crippen LogP contribution in [0.15, 0.2) is 146 Å². The van der Waals surface area contributed by atoms with Crippen molar-refractivity contribution >= 4 is 25.7 Å². The Morgan fingerprint density at radius 2 is 0.778 bits per heavy atom. The van der Waals surface area contributed by atoms with Gasteiger partial charge in [-0.15, -0.1) is 0 Å². The molecule has 0 radical (unpaired) electrons. The third-order valence-corrected chi connectivity index (χ3v) is 11.2. The minimum Gasteiger partial charge on any atom is -0.461 e. The summed E-state index contributed by atoms with van der Waals surface area (Å²) in [5.74, 6) is -1.73. The van der Waals surface area contributed by atoms with Gasteiger partial charge in [-0.25, -0.2) is 4.57 Å². The van der Waals surface area contributed by atoms with Crippen molar-refractivity contribution < 1.29 is 52.2 Å². The van der Waals surface area contributed by atoms with E-state index in [4.69, 9.17) is 23.3 Å². The monoisotopic (exact) mass is 1020 g/mol. The van der Waals surface area contributed by atoms with Gasteiger partial charge < -0.3 is 24.2 Å². The number of carbonyl (C=O) groups excluding carboxylic acids is 3. The number of ether oxygens (including phenoxy) is 3. The molecule has 0 aromatic carbocycles. The molecule has 0 spiro atoms. The predicted octanol–water partition coefficient (Wildman–Crippen LogP) is 15.6. The Kier molecular flexibility index (Phi) is 49.3. The highest BCUT2D eigenvalue weighted by atomic mass is 31.2. The average molecular weight is 1020 g/mol. The van der Waals surface area contributed by atoms with E-state index < -0.39 is 64.4 Å². The second kappa shape index (κ2) is 52.7. The molecule has 0 aliphatic rings. The van der Waals surface area contributed by atoms with Gasteiger partial charge in [0.1, 0.15) is 12.7 Å². The SMILES string of the molecule is CC/C=C\C/C=C\C/C=C\C/C=C\C/C=C\CCCC(=O)OC(COC(=O)C/C=C\C/C=C\C/C=C\C/C=C\C/C=C\CC)COP(=O)(O)OCC(CO)OC(=O)CCCCCCC/C=C\C/C=C\CCC. The van der Waals surface area contributed by atoms with Crippen molar-refractivity contribution in [2.24, 2.45) is 0 Å². The Morgan fingerprint density at radius 3 is 1.24 bits per heavy atom. The van der Waals surface area contributed by atoms with Gasteiger partial charge in [-0.05, 0) is 109 Å². The van der Waals surface area contributed by atoms with Gasteiger partial charge in [0.2, 0.25) is 0 Å². The Bertz CT molecular complexity index is 1760. The summed E-state index contributed by atoms with van der Waals surface area (Å²) in [6, 6.07) is 0. The van der Waals surface area contributed by atoms with E-state index in [1.54, 1.807) is 6.08 Å². The molecule has 0 aromatic rings. The van der Waals surface area contributed by atoms with Crippen molar-refractivity contribution in [3.63, 3.8) is 0 Å². The quantitative estimate of drug-likeness (QED) is 0.0197. The highest BCUT2D eigenvalue weighted by Gasteiger charge is 2.28. The van der Waals surface area contributed by atoms with E-state index in [-0.39, 0.29) is 19.3 Å². The molecule has 12 heteroatoms. The molecule has 0 heterocycles. The first-order chi connectivity index (χ1) is 35.2. The molecular formula is C60H93O11P. The van der Waals surface area contributed by atoms with Crippen LogP contribution < -0.4 is 0 Å². The number of unbranched alkanes of at least 4 members (excludes halogenated alkanes) is 7. The van der Waals surface area contributed by atoms with Gasteiger partial charge in [-0.2, -0.15) is 0 Å². The smallest absolute Gasteiger partial charge is 0.461 e. The van der Waals surface area contributed by atoms with Crippen LogP contribution in [0.3, 0.4) is 0 Å². The zero-order valence-corrected chi connectivity index (χ0v) is 45.2. The number of rotatable bonds is 47. The topological polar surface area (TPSA) is 155 Å². The van der Waals surface area contributed by atoms with Crippen molar-refractivity contribution in [3.8, 4) is 0 Å². The number of hydrogen-bond donors (Lipinski definition) is 2. The van der Waals surface area contributed by atoms with Crippen molar-refractivity contribution in [2.45, 2.75) is 187 Å². The second-order valence-electron chi connectivity index (χ2n) is 16.9. The van der Waals surface area contributed by atoms with Crippen molar-refractivity contribution in [3.05, 3.63) is 146 Å². The minimum absolute atomic E-state index is 0.0271. The van der Waals surface area contributed by atoms with Crippen LogP contribution in [0.1, 0.15) is 175 Å². The van der Waals surface area contributed by atoms with Crippen molar-refractivity contribution in [2.75, 3.05) is 26.4 Å². The number of aliphatic hydroxyl groups is 1. The molecule has 404 valence electrons. The lowest BCUT2D eigenvalue weighted by molar-refractivity contribution is -0.161. The fourth-order valence-electron chi connectivity index (χ4n) is 6.26. The van der Waals surface area contributed by atoms with Gasteiger partial charge in [0.25, 0.3) is 0 Å². The Hall–Kier alpha value is -4.64. The molecule has 0 fully saturated rings. The molecule has 0 aromatic heterocycles. The Labute approximate surface area is 435 Å². The zero-order valence-electron chi connectivity index (χ0n) is 44.3. The van der Waals surface area contributed by atoms with Gasteiger partial charge in [0, 0.05) is 12.8 Å². The van der Waals surface area contributed by atoms with Crippen LogP contribution in [0.25, 0.3) is 0 Å². The summed E-state index contributed by atoms with van der Waals surface area (Å²) in [5.41, 5.74) is 0. The summed E-state index contributed by atoms with van der Waals surface area (Å²) in [6.07, 6.45) is 67.1. The summed E-state index contributed by atoms with van der Waals surface area (Å²) in [7, 11) is -4.79. The number of phosphoric acid groups is 1. The summed E-state index contributed by atoms with van der Waals surface area (Å²) < 4.78 is 39.2. The zero-order chi connectivity index (χ0) is 52.7. The third kappa shape index (κ3) is 50.3. The number of hydrogen-bond acceptors (Lipinski definition) is 10. The van der Waals surface area contributed by atoms with Gasteiger partial charge in [-0.1, -0.05) is 192 Å². The molecule has 0 aliphatic carbocycles. The van der Waals surface area contributed by atoms with Gasteiger partial charge >= 0.3 is 25.7 Å². The average Bonchev–Trinajstić information content (AvgIpc) is 3.37. The second-order valence-corrected chi connectivity index (χ2v) is 18.4. The summed E-state index contributed by atoms with van der Waals surface area (Å²) in [5, 5.41) is 9.78. The molecule has 72 heavy (non-hydrogen) atoms. The fourth-order valence-corrected chi connectivity index (χ4v) is 7.05. The molecule has 0 saturated carbocycles. The summed E-state index contributed by atoms with van der Waals surface area (Å²) in [4.78, 5) is 48.3. The molecule has 11 nitrogen and oxygen atoms in total. The minimum atomic E-state index is -4.79. The summed E-state index contributed by atoms with van der Waals surface area (Å²) in [6.45, 7) is 4.11. The first-order valence-electron chi connectivity index (χ1n) is 26.7. The van der Waals surface area contributed by atoms with E-state index in [0.29, 0.717) is 25.7 Å². The van der Waals surface area contributed by atoms with Gasteiger partial charge in [0.05, 0.1) is 26.2 Å². The van der Waals surface area contributed by atoms with Crippen LogP contribution in [0.5, 0.6) is 0 Å². The standard InChI is InChI=1S/C60H93O11P/c1-4-7-10-13-16-19-22-25-27-28-30-33-36-39-42-45-48-51-60(64)71-57(53-67-58(62)49-46-43-40-37-34-32-29-26-23-20-17-14-11-8-5-2)55-69-72(65,66)68-54-56(52-61)70-59(63)50-47-44-41-38-35-31-24-21-18-15-12-9-6-3/h7-8,10-12,15-17,19-21,24-27,29-30,33-34,37,39,42-43,46,56-57,61H,4-6,9,13-14,18,22-23,28,31-32,35-36,38,40-41,44-45,47-55H2,1-3H3,(H,65,66)/b10-7-,11-8-,15-12-,19-16-,20-17-,24-21-,27-25-,29-26-,33-30-,37-34-,42-39-,46-43-. The highest BCUT2D eigenvalue weighted by Crippen LogP contribution is 2.43. The van der Waals surface area contributed by atoms with Crippen LogP contribution in [-0.4, -0.2) is 66.5 Å². The normalized spacial score (nSPS) is 14.6. The number of esters is 3. The van der Waals surface area contributed by atoms with E-state index in [0.717, 1.165) is 109 Å². The van der Waals surface area contributed by atoms with E-state index in [1.165, 1.54) is 0 Å². The van der Waals surface area contributed by atoms with Crippen LogP contribution >= 0.6 is 7.82 Å². The number of phosphoric ester groups is 1. The first kappa shape index (κ1) is 67.4. The van der Waals surface area contributed by atoms with Gasteiger partial charge in [-0.3, -0.25) is 23.4 Å². The molecule has 3 unspecified atom stereocenters. The molecule has 3 atom stereocenters. The van der Waals surface area contributed by atoms with E-state index in [1.807, 2.05) is 30.4 Å². The van der Waals surface area contributed by atoms with Crippen LogP contribution in [0.2, 0.25) is 0 Å². The van der Waals surface area contributed by atoms with Crippen molar-refractivity contribution in [1.82, 2.24) is 0 Å². The number of carbonyl (C=O) groups is 3. The van der Waals surface area contributed by atoms with Crippen LogP contribution in [0, 0.1) is 0 Å². The maximum Gasteiger partial charge on any atom is 0.472 e. The predicted molar refractivity (Wildman–Crippen MR) is 297 cm³/mol. The molecular weight excluding hydrogens is 928 g/mol. The Morgan fingerprint density at radius 1 is 0.417 bits per heavy atom. The molecule has 0 rings (SSSR count). The largest absolute Gasteiger partial charge is 0.472 e. The summed E-state index contributed by atoms with van der Waals surface area (Å²) >= 11 is 0.